The fourth-order valence-corrected chi connectivity index (χ4v) is 2.30. The van der Waals surface area contributed by atoms with E-state index in [1.165, 1.54) is 19.5 Å². The molecule has 20 heavy (non-hydrogen) atoms. The first-order valence-electron chi connectivity index (χ1n) is 7.22. The van der Waals surface area contributed by atoms with E-state index in [1.807, 2.05) is 11.8 Å². The molecule has 1 atom stereocenters. The molecule has 0 aromatic rings. The molecule has 1 rings (SSSR count). The van der Waals surface area contributed by atoms with Crippen molar-refractivity contribution in [2.75, 3.05) is 46.0 Å². The maximum Gasteiger partial charge on any atom is 0.191 e. The largest absolute Gasteiger partial charge is 0.357 e. The van der Waals surface area contributed by atoms with E-state index in [1.54, 1.807) is 0 Å². The second kappa shape index (κ2) is 10.1. The fraction of sp³-hybridized carbons (Fsp3) is 0.929. The molecule has 1 heterocycles. The molecule has 2 N–H and O–H groups in total. The van der Waals surface area contributed by atoms with Gasteiger partial charge >= 0.3 is 0 Å². The number of hydrogen-bond donors (Lipinski definition) is 2. The number of aliphatic imine (C=N–C) groups is 1. The Bertz CT molecular complexity index is 297. The zero-order chi connectivity index (χ0) is 14.3. The number of hydrogen-bond acceptors (Lipinski definition) is 3. The van der Waals surface area contributed by atoms with Crippen LogP contribution in [-0.4, -0.2) is 61.6 Å². The van der Waals surface area contributed by atoms with Gasteiger partial charge in [-0.15, -0.1) is 24.0 Å². The summed E-state index contributed by atoms with van der Waals surface area (Å²) in [6.45, 7) is 11.8. The predicted molar refractivity (Wildman–Crippen MR) is 103 cm³/mol. The number of rotatable bonds is 6. The van der Waals surface area contributed by atoms with Gasteiger partial charge in [-0.1, -0.05) is 0 Å². The molecule has 6 heteroatoms. The Kier molecular flexibility index (Phi) is 10.3. The first-order chi connectivity index (χ1) is 8.96. The van der Waals surface area contributed by atoms with Crippen molar-refractivity contribution in [3.63, 3.8) is 0 Å². The molecule has 1 saturated heterocycles. The van der Waals surface area contributed by atoms with Crippen molar-refractivity contribution in [2.24, 2.45) is 10.9 Å². The van der Waals surface area contributed by atoms with Crippen LogP contribution in [0, 0.1) is 5.92 Å². The van der Waals surface area contributed by atoms with Gasteiger partial charge in [0.2, 0.25) is 0 Å². The predicted octanol–water partition coefficient (Wildman–Crippen LogP) is 2.25. The molecule has 0 aromatic carbocycles. The summed E-state index contributed by atoms with van der Waals surface area (Å²) in [5.41, 5.74) is 0. The second-order valence-electron chi connectivity index (χ2n) is 5.96. The highest BCUT2D eigenvalue weighted by molar-refractivity contribution is 14.0. The monoisotopic (exact) mass is 414 g/mol. The summed E-state index contributed by atoms with van der Waals surface area (Å²) in [6, 6.07) is 0. The standard InChI is InChI=1S/C14H30N4S.HI/c1-6-15-13(17-11-14(2,3)19-5)16-9-12-7-8-18(4)10-12;/h12H,6-11H2,1-5H3,(H2,15,16,17);1H. The molecule has 1 fully saturated rings. The van der Waals surface area contributed by atoms with Crippen LogP contribution < -0.4 is 10.6 Å². The van der Waals surface area contributed by atoms with Gasteiger partial charge in [-0.05, 0) is 53.0 Å². The minimum absolute atomic E-state index is 0. The Balaban J connectivity index is 0.00000361. The molecule has 120 valence electrons. The lowest BCUT2D eigenvalue weighted by Gasteiger charge is -2.21. The van der Waals surface area contributed by atoms with E-state index in [0.29, 0.717) is 0 Å². The van der Waals surface area contributed by atoms with Crippen LogP contribution in [0.4, 0.5) is 0 Å². The summed E-state index contributed by atoms with van der Waals surface area (Å²) in [4.78, 5) is 7.09. The lowest BCUT2D eigenvalue weighted by Crippen LogP contribution is -2.41. The minimum atomic E-state index is 0. The van der Waals surface area contributed by atoms with Crippen LogP contribution in [0.15, 0.2) is 4.99 Å². The van der Waals surface area contributed by atoms with Gasteiger partial charge < -0.3 is 15.5 Å². The zero-order valence-electron chi connectivity index (χ0n) is 13.5. The third kappa shape index (κ3) is 7.93. The SMILES string of the molecule is CCNC(=NCC(C)(C)SC)NCC1CCN(C)C1.I. The first kappa shape index (κ1) is 20.3. The maximum absolute atomic E-state index is 4.70. The second-order valence-corrected chi connectivity index (χ2v) is 7.47. The van der Waals surface area contributed by atoms with Crippen LogP contribution in [0.2, 0.25) is 0 Å². The lowest BCUT2D eigenvalue weighted by atomic mass is 10.1. The molecule has 0 amide bonds. The van der Waals surface area contributed by atoms with Gasteiger partial charge in [0.05, 0.1) is 6.54 Å². The van der Waals surface area contributed by atoms with Crippen molar-refractivity contribution in [3.8, 4) is 0 Å². The third-order valence-corrected chi connectivity index (χ3v) is 4.80. The molecule has 0 saturated carbocycles. The molecular weight excluding hydrogens is 383 g/mol. The number of guanidine groups is 1. The van der Waals surface area contributed by atoms with Gasteiger partial charge in [-0.2, -0.15) is 11.8 Å². The Morgan fingerprint density at radius 2 is 2.10 bits per heavy atom. The summed E-state index contributed by atoms with van der Waals surface area (Å²) < 4.78 is 0.204. The van der Waals surface area contributed by atoms with Crippen LogP contribution in [0.3, 0.4) is 0 Å². The van der Waals surface area contributed by atoms with E-state index in [4.69, 9.17) is 4.99 Å². The van der Waals surface area contributed by atoms with E-state index < -0.39 is 0 Å². The fourth-order valence-electron chi connectivity index (χ4n) is 2.11. The van der Waals surface area contributed by atoms with Crippen LogP contribution in [0.5, 0.6) is 0 Å². The summed E-state index contributed by atoms with van der Waals surface area (Å²) in [7, 11) is 2.19. The zero-order valence-corrected chi connectivity index (χ0v) is 16.7. The molecule has 1 aliphatic rings. The molecule has 0 spiro atoms. The van der Waals surface area contributed by atoms with Crippen LogP contribution in [0.25, 0.3) is 0 Å². The van der Waals surface area contributed by atoms with Crippen molar-refractivity contribution in [2.45, 2.75) is 31.9 Å². The van der Waals surface area contributed by atoms with Gasteiger partial charge in [-0.25, -0.2) is 0 Å². The van der Waals surface area contributed by atoms with E-state index in [9.17, 15) is 0 Å². The average Bonchev–Trinajstić information content (AvgIpc) is 2.79. The Morgan fingerprint density at radius 3 is 2.60 bits per heavy atom. The van der Waals surface area contributed by atoms with Crippen LogP contribution in [-0.2, 0) is 0 Å². The van der Waals surface area contributed by atoms with Gasteiger partial charge in [0, 0.05) is 24.4 Å². The Morgan fingerprint density at radius 1 is 1.40 bits per heavy atom. The maximum atomic E-state index is 4.70. The number of nitrogens with zero attached hydrogens (tertiary/aromatic N) is 2. The smallest absolute Gasteiger partial charge is 0.191 e. The normalized spacial score (nSPS) is 20.6. The van der Waals surface area contributed by atoms with Crippen LogP contribution >= 0.6 is 35.7 Å². The molecule has 0 aliphatic carbocycles. The van der Waals surface area contributed by atoms with Crippen molar-refractivity contribution in [1.29, 1.82) is 0 Å². The summed E-state index contributed by atoms with van der Waals surface area (Å²) in [5.74, 6) is 1.71. The molecule has 4 nitrogen and oxygen atoms in total. The summed E-state index contributed by atoms with van der Waals surface area (Å²) in [6.07, 6.45) is 3.43. The highest BCUT2D eigenvalue weighted by Gasteiger charge is 2.20. The molecule has 0 radical (unpaired) electrons. The molecule has 1 aliphatic heterocycles. The van der Waals surface area contributed by atoms with Gasteiger partial charge in [0.1, 0.15) is 0 Å². The Hall–Kier alpha value is 0.310. The summed E-state index contributed by atoms with van der Waals surface area (Å²) >= 11 is 1.86. The highest BCUT2D eigenvalue weighted by Crippen LogP contribution is 2.21. The van der Waals surface area contributed by atoms with Crippen molar-refractivity contribution >= 4 is 41.7 Å². The van der Waals surface area contributed by atoms with E-state index >= 15 is 0 Å². The third-order valence-electron chi connectivity index (χ3n) is 3.56. The van der Waals surface area contributed by atoms with Crippen molar-refractivity contribution in [3.05, 3.63) is 0 Å². The van der Waals surface area contributed by atoms with Gasteiger partial charge in [-0.3, -0.25) is 4.99 Å². The number of halogens is 1. The number of thioether (sulfide) groups is 1. The average molecular weight is 414 g/mol. The van der Waals surface area contributed by atoms with Crippen molar-refractivity contribution in [1.82, 2.24) is 15.5 Å². The molecule has 1 unspecified atom stereocenters. The van der Waals surface area contributed by atoms with E-state index in [0.717, 1.165) is 31.5 Å². The van der Waals surface area contributed by atoms with Gasteiger partial charge in [0.15, 0.2) is 5.96 Å². The molecular formula is C14H31IN4S. The molecule has 0 bridgehead atoms. The van der Waals surface area contributed by atoms with E-state index in [2.05, 4.69) is 49.6 Å². The van der Waals surface area contributed by atoms with Gasteiger partial charge in [0.25, 0.3) is 0 Å². The first-order valence-corrected chi connectivity index (χ1v) is 8.45. The van der Waals surface area contributed by atoms with Crippen LogP contribution in [0.1, 0.15) is 27.2 Å². The number of nitrogens with one attached hydrogen (secondary N) is 2. The molecule has 0 aromatic heterocycles. The van der Waals surface area contributed by atoms with Crippen molar-refractivity contribution < 1.29 is 0 Å². The lowest BCUT2D eigenvalue weighted by molar-refractivity contribution is 0.394. The summed E-state index contributed by atoms with van der Waals surface area (Å²) in [5, 5.41) is 6.81. The Labute approximate surface area is 145 Å². The highest BCUT2D eigenvalue weighted by atomic mass is 127. The number of likely N-dealkylation sites (tertiary alicyclic amines) is 1. The minimum Gasteiger partial charge on any atom is -0.357 e. The topological polar surface area (TPSA) is 39.7 Å². The quantitative estimate of drug-likeness (QED) is 0.398. The van der Waals surface area contributed by atoms with E-state index in [-0.39, 0.29) is 28.7 Å².